The van der Waals surface area contributed by atoms with Crippen molar-refractivity contribution in [1.29, 1.82) is 0 Å². The number of aromatic nitrogens is 2. The summed E-state index contributed by atoms with van der Waals surface area (Å²) in [5.74, 6) is 0.314. The molecule has 1 aromatic carbocycles. The lowest BCUT2D eigenvalue weighted by molar-refractivity contribution is -0.126. The number of aryl methyl sites for hydroxylation is 3. The van der Waals surface area contributed by atoms with Gasteiger partial charge in [-0.15, -0.1) is 11.3 Å². The van der Waals surface area contributed by atoms with Crippen LogP contribution < -0.4 is 5.32 Å². The maximum Gasteiger partial charge on any atom is 0.244 e. The van der Waals surface area contributed by atoms with Gasteiger partial charge >= 0.3 is 0 Å². The van der Waals surface area contributed by atoms with Crippen LogP contribution in [0.3, 0.4) is 0 Å². The molecule has 1 atom stereocenters. The number of thiophene rings is 1. The average molecular weight is 475 g/mol. The van der Waals surface area contributed by atoms with Crippen molar-refractivity contribution >= 4 is 27.3 Å². The number of nitrogens with one attached hydrogen (secondary N) is 1. The molecular formula is C22H26N4O4S2. The second-order valence-corrected chi connectivity index (χ2v) is 11.2. The van der Waals surface area contributed by atoms with E-state index >= 15 is 0 Å². The fourth-order valence-electron chi connectivity index (χ4n) is 3.88. The third kappa shape index (κ3) is 4.62. The zero-order valence-electron chi connectivity index (χ0n) is 18.3. The minimum absolute atomic E-state index is 0.113. The van der Waals surface area contributed by atoms with E-state index in [1.807, 2.05) is 31.2 Å². The van der Waals surface area contributed by atoms with Gasteiger partial charge in [-0.2, -0.15) is 9.29 Å². The van der Waals surface area contributed by atoms with Crippen LogP contribution in [0.25, 0.3) is 10.7 Å². The van der Waals surface area contributed by atoms with E-state index in [4.69, 9.17) is 4.52 Å². The molecular weight excluding hydrogens is 448 g/mol. The third-order valence-corrected chi connectivity index (χ3v) is 8.87. The van der Waals surface area contributed by atoms with Crippen molar-refractivity contribution in [2.75, 3.05) is 13.1 Å². The van der Waals surface area contributed by atoms with Crippen LogP contribution in [0.2, 0.25) is 0 Å². The smallest absolute Gasteiger partial charge is 0.244 e. The van der Waals surface area contributed by atoms with Crippen molar-refractivity contribution in [3.8, 4) is 10.7 Å². The molecule has 170 valence electrons. The molecule has 0 radical (unpaired) electrons. The molecule has 0 bridgehead atoms. The molecule has 1 fully saturated rings. The zero-order valence-corrected chi connectivity index (χ0v) is 19.9. The van der Waals surface area contributed by atoms with E-state index in [1.54, 1.807) is 19.9 Å². The van der Waals surface area contributed by atoms with Crippen LogP contribution in [-0.2, 0) is 21.4 Å². The first-order chi connectivity index (χ1) is 15.3. The number of hydrogen-bond acceptors (Lipinski definition) is 7. The van der Waals surface area contributed by atoms with E-state index in [9.17, 15) is 13.2 Å². The fraction of sp³-hybridized carbons (Fsp3) is 0.409. The summed E-state index contributed by atoms with van der Waals surface area (Å²) >= 11 is 1.32. The van der Waals surface area contributed by atoms with Gasteiger partial charge in [0.05, 0.1) is 15.7 Å². The molecule has 0 aliphatic carbocycles. The fourth-order valence-corrected chi connectivity index (χ4v) is 6.89. The Labute approximate surface area is 191 Å². The predicted octanol–water partition coefficient (Wildman–Crippen LogP) is 3.44. The molecule has 3 heterocycles. The molecule has 3 aromatic rings. The molecule has 1 saturated heterocycles. The lowest BCUT2D eigenvalue weighted by Crippen LogP contribution is -2.45. The highest BCUT2D eigenvalue weighted by Gasteiger charge is 2.35. The van der Waals surface area contributed by atoms with Gasteiger partial charge in [-0.05, 0) is 43.9 Å². The van der Waals surface area contributed by atoms with Gasteiger partial charge < -0.3 is 9.84 Å². The first-order valence-electron chi connectivity index (χ1n) is 10.5. The van der Waals surface area contributed by atoms with Crippen molar-refractivity contribution in [2.24, 2.45) is 5.92 Å². The maximum absolute atomic E-state index is 13.4. The molecule has 1 aliphatic rings. The van der Waals surface area contributed by atoms with Crippen LogP contribution in [0, 0.1) is 26.7 Å². The minimum atomic E-state index is -3.74. The molecule has 4 rings (SSSR count). The quantitative estimate of drug-likeness (QED) is 0.587. The maximum atomic E-state index is 13.4. The number of carbonyl (C=O) groups is 1. The molecule has 1 aliphatic heterocycles. The summed E-state index contributed by atoms with van der Waals surface area (Å²) < 4.78 is 33.2. The second-order valence-electron chi connectivity index (χ2n) is 8.01. The monoisotopic (exact) mass is 474 g/mol. The van der Waals surface area contributed by atoms with Crippen LogP contribution in [0.4, 0.5) is 0 Å². The Morgan fingerprint density at radius 3 is 2.78 bits per heavy atom. The number of hydrogen-bond donors (Lipinski definition) is 1. The van der Waals surface area contributed by atoms with Gasteiger partial charge in [0.25, 0.3) is 0 Å². The van der Waals surface area contributed by atoms with E-state index in [0.717, 1.165) is 11.1 Å². The van der Waals surface area contributed by atoms with E-state index in [1.165, 1.54) is 15.6 Å². The summed E-state index contributed by atoms with van der Waals surface area (Å²) in [6.45, 7) is 6.47. The zero-order chi connectivity index (χ0) is 22.9. The first kappa shape index (κ1) is 22.6. The molecule has 0 unspecified atom stereocenters. The number of piperidine rings is 1. The van der Waals surface area contributed by atoms with E-state index in [0.29, 0.717) is 47.4 Å². The molecule has 2 aromatic heterocycles. The van der Waals surface area contributed by atoms with E-state index in [2.05, 4.69) is 15.5 Å². The van der Waals surface area contributed by atoms with Crippen LogP contribution in [0.15, 0.2) is 39.8 Å². The number of carbonyl (C=O) groups excluding carboxylic acids is 1. The number of nitrogens with zero attached hydrogens (tertiary/aromatic N) is 3. The Bertz CT molecular complexity index is 1230. The SMILES string of the molecule is Cc1nc(-c2cc(S(=O)(=O)N3CCC[C@H](C(=O)NCc4ccccc4C)C3)c(C)s2)no1. The van der Waals surface area contributed by atoms with E-state index in [-0.39, 0.29) is 23.3 Å². The van der Waals surface area contributed by atoms with Gasteiger partial charge in [0.1, 0.15) is 0 Å². The molecule has 0 saturated carbocycles. The predicted molar refractivity (Wildman–Crippen MR) is 122 cm³/mol. The van der Waals surface area contributed by atoms with Crippen LogP contribution >= 0.6 is 11.3 Å². The Kier molecular flexibility index (Phi) is 6.45. The molecule has 1 amide bonds. The van der Waals surface area contributed by atoms with Crippen molar-refractivity contribution in [2.45, 2.75) is 45.1 Å². The lowest BCUT2D eigenvalue weighted by atomic mass is 9.98. The highest BCUT2D eigenvalue weighted by atomic mass is 32.2. The number of benzene rings is 1. The number of sulfonamides is 1. The van der Waals surface area contributed by atoms with Crippen molar-refractivity contribution in [3.05, 3.63) is 52.2 Å². The number of amides is 1. The Hall–Kier alpha value is -2.56. The van der Waals surface area contributed by atoms with Crippen LogP contribution in [-0.4, -0.2) is 41.9 Å². The first-order valence-corrected chi connectivity index (χ1v) is 12.7. The summed E-state index contributed by atoms with van der Waals surface area (Å²) in [7, 11) is -3.74. The summed E-state index contributed by atoms with van der Waals surface area (Å²) in [5.41, 5.74) is 2.17. The molecule has 0 spiro atoms. The molecule has 10 heteroatoms. The summed E-state index contributed by atoms with van der Waals surface area (Å²) in [4.78, 5) is 18.5. The lowest BCUT2D eigenvalue weighted by Gasteiger charge is -2.31. The van der Waals surface area contributed by atoms with Crippen molar-refractivity contribution in [3.63, 3.8) is 0 Å². The summed E-state index contributed by atoms with van der Waals surface area (Å²) in [5, 5.41) is 6.86. The highest BCUT2D eigenvalue weighted by Crippen LogP contribution is 2.34. The van der Waals surface area contributed by atoms with Gasteiger partial charge in [0.2, 0.25) is 27.6 Å². The van der Waals surface area contributed by atoms with Gasteiger partial charge in [-0.1, -0.05) is 29.4 Å². The minimum Gasteiger partial charge on any atom is -0.352 e. The topological polar surface area (TPSA) is 105 Å². The second kappa shape index (κ2) is 9.13. The van der Waals surface area contributed by atoms with Crippen LogP contribution in [0.1, 0.15) is 34.7 Å². The molecule has 8 nitrogen and oxygen atoms in total. The van der Waals surface area contributed by atoms with Gasteiger partial charge in [-0.25, -0.2) is 8.42 Å². The van der Waals surface area contributed by atoms with Gasteiger partial charge in [0, 0.05) is 31.4 Å². The van der Waals surface area contributed by atoms with Crippen LogP contribution in [0.5, 0.6) is 0 Å². The molecule has 32 heavy (non-hydrogen) atoms. The Balaban J connectivity index is 1.47. The standard InChI is InChI=1S/C22H26N4O4S2/c1-14-7-4-5-8-17(14)12-23-22(27)18-9-6-10-26(13-18)32(28,29)20-11-19(31-15(20)2)21-24-16(3)30-25-21/h4-5,7-8,11,18H,6,9-10,12-13H2,1-3H3,(H,23,27)/t18-/m0/s1. The summed E-state index contributed by atoms with van der Waals surface area (Å²) in [6, 6.07) is 9.49. The largest absolute Gasteiger partial charge is 0.352 e. The van der Waals surface area contributed by atoms with E-state index < -0.39 is 10.0 Å². The Morgan fingerprint density at radius 1 is 1.28 bits per heavy atom. The van der Waals surface area contributed by atoms with Crippen molar-refractivity contribution < 1.29 is 17.7 Å². The third-order valence-electron chi connectivity index (χ3n) is 5.71. The normalized spacial score (nSPS) is 17.4. The molecule has 1 N–H and O–H groups in total. The van der Waals surface area contributed by atoms with Crippen molar-refractivity contribution in [1.82, 2.24) is 19.8 Å². The van der Waals surface area contributed by atoms with Gasteiger partial charge in [-0.3, -0.25) is 4.79 Å². The average Bonchev–Trinajstić information content (AvgIpc) is 3.39. The summed E-state index contributed by atoms with van der Waals surface area (Å²) in [6.07, 6.45) is 1.31. The number of rotatable bonds is 6. The van der Waals surface area contributed by atoms with Gasteiger partial charge in [0.15, 0.2) is 0 Å². The highest BCUT2D eigenvalue weighted by molar-refractivity contribution is 7.89. The Morgan fingerprint density at radius 2 is 2.06 bits per heavy atom.